The molecule has 3 N–H and O–H groups in total. The summed E-state index contributed by atoms with van der Waals surface area (Å²) in [5.74, 6) is 0. The van der Waals surface area contributed by atoms with E-state index in [1.807, 2.05) is 38.1 Å². The predicted molar refractivity (Wildman–Crippen MR) is 123 cm³/mol. The molecule has 28 heavy (non-hydrogen) atoms. The van der Waals surface area contributed by atoms with E-state index in [1.54, 1.807) is 11.3 Å². The molecule has 1 unspecified atom stereocenters. The number of rotatable bonds is 3. The van der Waals surface area contributed by atoms with E-state index in [-0.39, 0.29) is 0 Å². The van der Waals surface area contributed by atoms with Crippen molar-refractivity contribution in [3.05, 3.63) is 58.1 Å². The fourth-order valence-corrected chi connectivity index (χ4v) is 3.96. The van der Waals surface area contributed by atoms with E-state index in [9.17, 15) is 0 Å². The Morgan fingerprint density at radius 1 is 1.29 bits per heavy atom. The second kappa shape index (κ2) is 12.0. The summed E-state index contributed by atoms with van der Waals surface area (Å²) in [5, 5.41) is 6.09. The molecule has 1 aliphatic heterocycles. The van der Waals surface area contributed by atoms with Gasteiger partial charge in [-0.15, -0.1) is 11.3 Å². The van der Waals surface area contributed by atoms with Crippen molar-refractivity contribution in [3.63, 3.8) is 0 Å². The zero-order valence-corrected chi connectivity index (χ0v) is 18.4. The van der Waals surface area contributed by atoms with Gasteiger partial charge in [-0.2, -0.15) is 0 Å². The number of aromatic nitrogens is 1. The maximum atomic E-state index is 6.09. The molecule has 6 heteroatoms. The molecular formula is C22H30ClN3OS. The third-order valence-electron chi connectivity index (χ3n) is 4.19. The number of thiophene rings is 1. The fraction of sp³-hybridized carbons (Fsp3) is 0.409. The van der Waals surface area contributed by atoms with Gasteiger partial charge in [0.25, 0.3) is 0 Å². The molecule has 152 valence electrons. The van der Waals surface area contributed by atoms with Crippen LogP contribution in [0.2, 0.25) is 5.15 Å². The van der Waals surface area contributed by atoms with Crippen LogP contribution in [0.3, 0.4) is 0 Å². The Morgan fingerprint density at radius 2 is 2.04 bits per heavy atom. The normalized spacial score (nSPS) is 15.8. The number of aryl methyl sites for hydroxylation is 1. The van der Waals surface area contributed by atoms with Gasteiger partial charge in [0.1, 0.15) is 5.15 Å². The highest BCUT2D eigenvalue weighted by molar-refractivity contribution is 7.18. The molecule has 3 aromatic rings. The third-order valence-corrected chi connectivity index (χ3v) is 5.50. The number of ether oxygens (including phenoxy) is 1. The highest BCUT2D eigenvalue weighted by Crippen LogP contribution is 2.32. The molecule has 0 aliphatic carbocycles. The lowest BCUT2D eigenvalue weighted by Gasteiger charge is -2.16. The second-order valence-corrected chi connectivity index (χ2v) is 7.67. The number of benzene rings is 1. The van der Waals surface area contributed by atoms with E-state index >= 15 is 0 Å². The van der Waals surface area contributed by atoms with Crippen LogP contribution in [0, 0.1) is 6.92 Å². The molecule has 1 saturated heterocycles. The molecule has 3 heterocycles. The Balaban J connectivity index is 0.000000261. The molecule has 2 aromatic heterocycles. The molecule has 0 amide bonds. The first-order chi connectivity index (χ1) is 13.6. The van der Waals surface area contributed by atoms with Crippen LogP contribution in [-0.4, -0.2) is 24.2 Å². The lowest BCUT2D eigenvalue weighted by Crippen LogP contribution is -2.30. The number of anilines is 1. The number of nitrogens with two attached hydrogens (primary N) is 1. The second-order valence-electron chi connectivity index (χ2n) is 6.41. The van der Waals surface area contributed by atoms with Gasteiger partial charge in [0, 0.05) is 25.3 Å². The monoisotopic (exact) mass is 419 g/mol. The van der Waals surface area contributed by atoms with Crippen molar-refractivity contribution < 1.29 is 4.74 Å². The summed E-state index contributed by atoms with van der Waals surface area (Å²) in [5.41, 5.74) is 9.97. The number of nitrogens with one attached hydrogen (secondary N) is 1. The first kappa shape index (κ1) is 22.6. The Labute approximate surface area is 177 Å². The van der Waals surface area contributed by atoms with Crippen molar-refractivity contribution in [3.8, 4) is 0 Å². The number of halogens is 1. The minimum absolute atomic E-state index is 0.314. The fourth-order valence-electron chi connectivity index (χ4n) is 2.78. The summed E-state index contributed by atoms with van der Waals surface area (Å²) >= 11 is 7.79. The maximum absolute atomic E-state index is 6.09. The standard InChI is InChI=1S/C15H13ClN2S.C5H11NO.C2H6/c1-10-9-19-15-12(7-13(16)18-14(10)15)17-8-11-5-3-2-4-6-11;6-5-2-1-3-7-4-5;1-2/h2-7,9H,8H2,1H3,(H,17,18);5H,1-4,6H2;1-2H3. The smallest absolute Gasteiger partial charge is 0.131 e. The van der Waals surface area contributed by atoms with E-state index in [0.717, 1.165) is 48.5 Å². The Bertz CT molecular complexity index is 832. The van der Waals surface area contributed by atoms with Gasteiger partial charge >= 0.3 is 0 Å². The SMILES string of the molecule is CC.Cc1csc2c(NCc3ccccc3)cc(Cl)nc12.NC1CCCOC1. The van der Waals surface area contributed by atoms with Crippen molar-refractivity contribution in [2.45, 2.75) is 46.2 Å². The molecular weight excluding hydrogens is 390 g/mol. The van der Waals surface area contributed by atoms with Gasteiger partial charge in [0.05, 0.1) is 22.5 Å². The van der Waals surface area contributed by atoms with E-state index in [1.165, 1.54) is 11.1 Å². The van der Waals surface area contributed by atoms with E-state index in [2.05, 4.69) is 34.7 Å². The Morgan fingerprint density at radius 3 is 2.64 bits per heavy atom. The quantitative estimate of drug-likeness (QED) is 0.509. The lowest BCUT2D eigenvalue weighted by atomic mass is 10.1. The average Bonchev–Trinajstić information content (AvgIpc) is 3.10. The van der Waals surface area contributed by atoms with Gasteiger partial charge in [0.2, 0.25) is 0 Å². The molecule has 0 spiro atoms. The number of pyridine rings is 1. The van der Waals surface area contributed by atoms with Crippen LogP contribution in [0.4, 0.5) is 5.69 Å². The first-order valence-corrected chi connectivity index (χ1v) is 11.0. The first-order valence-electron chi connectivity index (χ1n) is 9.79. The summed E-state index contributed by atoms with van der Waals surface area (Å²) < 4.78 is 6.22. The maximum Gasteiger partial charge on any atom is 0.131 e. The van der Waals surface area contributed by atoms with Gasteiger partial charge < -0.3 is 15.8 Å². The molecule has 0 saturated carbocycles. The molecule has 0 radical (unpaired) electrons. The number of hydrogen-bond donors (Lipinski definition) is 2. The average molecular weight is 420 g/mol. The van der Waals surface area contributed by atoms with Crippen LogP contribution in [0.1, 0.15) is 37.8 Å². The molecule has 1 aromatic carbocycles. The van der Waals surface area contributed by atoms with Gasteiger partial charge in [-0.1, -0.05) is 55.8 Å². The predicted octanol–water partition coefficient (Wildman–Crippen LogP) is 6.02. The van der Waals surface area contributed by atoms with Crippen molar-refractivity contribution in [1.29, 1.82) is 0 Å². The number of nitrogens with zero attached hydrogens (tertiary/aromatic N) is 1. The summed E-state index contributed by atoms with van der Waals surface area (Å²) in [4.78, 5) is 4.39. The minimum atomic E-state index is 0.314. The van der Waals surface area contributed by atoms with Crippen LogP contribution in [-0.2, 0) is 11.3 Å². The van der Waals surface area contributed by atoms with Crippen LogP contribution >= 0.6 is 22.9 Å². The van der Waals surface area contributed by atoms with Crippen molar-refractivity contribution in [2.75, 3.05) is 18.5 Å². The van der Waals surface area contributed by atoms with Gasteiger partial charge in [-0.05, 0) is 36.3 Å². The minimum Gasteiger partial charge on any atom is -0.380 e. The number of hydrogen-bond acceptors (Lipinski definition) is 5. The third kappa shape index (κ3) is 6.74. The van der Waals surface area contributed by atoms with E-state index < -0.39 is 0 Å². The zero-order chi connectivity index (χ0) is 20.4. The van der Waals surface area contributed by atoms with Crippen LogP contribution in [0.15, 0.2) is 41.8 Å². The summed E-state index contributed by atoms with van der Waals surface area (Å²) in [6, 6.07) is 12.5. The summed E-state index contributed by atoms with van der Waals surface area (Å²) in [6.07, 6.45) is 2.28. The highest BCUT2D eigenvalue weighted by Gasteiger charge is 2.09. The Hall–Kier alpha value is -1.66. The summed E-state index contributed by atoms with van der Waals surface area (Å²) in [6.45, 7) is 8.52. The van der Waals surface area contributed by atoms with Gasteiger partial charge in [-0.3, -0.25) is 0 Å². The van der Waals surface area contributed by atoms with Crippen LogP contribution in [0.25, 0.3) is 10.2 Å². The van der Waals surface area contributed by atoms with Crippen molar-refractivity contribution >= 4 is 38.8 Å². The largest absolute Gasteiger partial charge is 0.380 e. The Kier molecular flexibility index (Phi) is 9.71. The molecule has 4 rings (SSSR count). The molecule has 0 bridgehead atoms. The van der Waals surface area contributed by atoms with Gasteiger partial charge in [0.15, 0.2) is 0 Å². The van der Waals surface area contributed by atoms with E-state index in [4.69, 9.17) is 22.1 Å². The van der Waals surface area contributed by atoms with Crippen molar-refractivity contribution in [1.82, 2.24) is 4.98 Å². The summed E-state index contributed by atoms with van der Waals surface area (Å²) in [7, 11) is 0. The van der Waals surface area contributed by atoms with E-state index in [0.29, 0.717) is 11.2 Å². The number of fused-ring (bicyclic) bond motifs is 1. The lowest BCUT2D eigenvalue weighted by molar-refractivity contribution is 0.0822. The highest BCUT2D eigenvalue weighted by atomic mass is 35.5. The molecule has 1 fully saturated rings. The van der Waals surface area contributed by atoms with Crippen molar-refractivity contribution in [2.24, 2.45) is 5.73 Å². The topological polar surface area (TPSA) is 60.2 Å². The molecule has 1 atom stereocenters. The molecule has 4 nitrogen and oxygen atoms in total. The van der Waals surface area contributed by atoms with Gasteiger partial charge in [-0.25, -0.2) is 4.98 Å². The molecule has 1 aliphatic rings. The van der Waals surface area contributed by atoms with Crippen LogP contribution in [0.5, 0.6) is 0 Å². The zero-order valence-electron chi connectivity index (χ0n) is 16.9. The van der Waals surface area contributed by atoms with Crippen LogP contribution < -0.4 is 11.1 Å².